The number of benzene rings is 1. The van der Waals surface area contributed by atoms with Gasteiger partial charge < -0.3 is 34.6 Å². The number of alkyl carbamates (subject to hydrolysis) is 1. The summed E-state index contributed by atoms with van der Waals surface area (Å²) in [5.74, 6) is -1.22. The van der Waals surface area contributed by atoms with Crippen molar-refractivity contribution < 1.29 is 47.0 Å². The third-order valence-corrected chi connectivity index (χ3v) is 11.0. The van der Waals surface area contributed by atoms with Gasteiger partial charge in [0.05, 0.1) is 25.0 Å². The number of carbonyl (C=O) groups is 5. The van der Waals surface area contributed by atoms with Crippen LogP contribution in [0.5, 0.6) is 0 Å². The Hall–Kier alpha value is -4.49. The monoisotopic (exact) mass is 806 g/mol. The first kappa shape index (κ1) is 44.2. The zero-order chi connectivity index (χ0) is 41.3. The topological polar surface area (TPSA) is 211 Å². The van der Waals surface area contributed by atoms with Crippen molar-refractivity contribution in [2.75, 3.05) is 83.7 Å². The van der Waals surface area contributed by atoms with Crippen LogP contribution in [-0.2, 0) is 30.7 Å². The van der Waals surface area contributed by atoms with Crippen LogP contribution in [0.2, 0.25) is 0 Å². The summed E-state index contributed by atoms with van der Waals surface area (Å²) in [6.45, 7) is 14.2. The SMILES string of the molecule is CC(C)COC(=O)N=C(NC(=O)OCC(C)C)N1CCN(C(=O)N2C[C@@H](N3CCN(S(C)(=O)=O)CC3)C[C@H]2C(=O)Nc2ccc(C(=O)O)c(CC(C)C)c2)CC1. The predicted molar refractivity (Wildman–Crippen MR) is 209 cm³/mol. The highest BCUT2D eigenvalue weighted by Crippen LogP contribution is 2.28. The highest BCUT2D eigenvalue weighted by molar-refractivity contribution is 7.88. The lowest BCUT2D eigenvalue weighted by Gasteiger charge is -2.39. The van der Waals surface area contributed by atoms with E-state index in [1.165, 1.54) is 22.7 Å². The average molecular weight is 807 g/mol. The summed E-state index contributed by atoms with van der Waals surface area (Å²) < 4.78 is 36.2. The second kappa shape index (κ2) is 19.6. The van der Waals surface area contributed by atoms with Crippen molar-refractivity contribution in [3.05, 3.63) is 29.3 Å². The largest absolute Gasteiger partial charge is 0.478 e. The summed E-state index contributed by atoms with van der Waals surface area (Å²) in [6, 6.07) is 3.20. The Balaban J connectivity index is 1.52. The second-order valence-electron chi connectivity index (χ2n) is 15.8. The summed E-state index contributed by atoms with van der Waals surface area (Å²) >= 11 is 0. The Morgan fingerprint density at radius 2 is 1.46 bits per heavy atom. The maximum Gasteiger partial charge on any atom is 0.436 e. The fourth-order valence-electron chi connectivity index (χ4n) is 6.85. The Bertz CT molecular complexity index is 1720. The number of anilines is 1. The molecule has 3 saturated heterocycles. The minimum atomic E-state index is -3.36. The van der Waals surface area contributed by atoms with Crippen LogP contribution in [-0.4, -0.2) is 164 Å². The Morgan fingerprint density at radius 3 is 2.04 bits per heavy atom. The molecular weight excluding hydrogens is 749 g/mol. The molecule has 0 aromatic heterocycles. The zero-order valence-corrected chi connectivity index (χ0v) is 34.3. The molecule has 5 amide bonds. The van der Waals surface area contributed by atoms with Gasteiger partial charge in [0, 0.05) is 70.6 Å². The van der Waals surface area contributed by atoms with E-state index < -0.39 is 40.1 Å². The van der Waals surface area contributed by atoms with E-state index in [2.05, 4.69) is 20.5 Å². The van der Waals surface area contributed by atoms with E-state index in [-0.39, 0.29) is 87.3 Å². The van der Waals surface area contributed by atoms with Gasteiger partial charge in [0.2, 0.25) is 21.9 Å². The molecule has 3 N–H and O–H groups in total. The number of carboxylic acid groups (broad SMARTS) is 1. The van der Waals surface area contributed by atoms with Crippen molar-refractivity contribution in [2.24, 2.45) is 22.7 Å². The number of carboxylic acids is 1. The Morgan fingerprint density at radius 1 is 0.857 bits per heavy atom. The number of likely N-dealkylation sites (tertiary alicyclic amines) is 1. The van der Waals surface area contributed by atoms with E-state index in [9.17, 15) is 37.5 Å². The molecule has 0 saturated carbocycles. The van der Waals surface area contributed by atoms with Crippen molar-refractivity contribution in [1.29, 1.82) is 0 Å². The van der Waals surface area contributed by atoms with Crippen LogP contribution in [0.1, 0.15) is 63.9 Å². The lowest BCUT2D eigenvalue weighted by atomic mass is 9.97. The van der Waals surface area contributed by atoms with Crippen LogP contribution >= 0.6 is 0 Å². The summed E-state index contributed by atoms with van der Waals surface area (Å²) in [5.41, 5.74) is 1.16. The molecule has 0 aliphatic carbocycles. The van der Waals surface area contributed by atoms with Gasteiger partial charge in [0.1, 0.15) is 6.04 Å². The molecule has 1 aromatic carbocycles. The smallest absolute Gasteiger partial charge is 0.436 e. The highest BCUT2D eigenvalue weighted by Gasteiger charge is 2.44. The summed E-state index contributed by atoms with van der Waals surface area (Å²) in [4.78, 5) is 76.3. The van der Waals surface area contributed by atoms with Gasteiger partial charge in [-0.3, -0.25) is 15.0 Å². The maximum absolute atomic E-state index is 14.3. The Labute approximate surface area is 329 Å². The number of aliphatic imine (C=N–C) groups is 1. The maximum atomic E-state index is 14.3. The van der Waals surface area contributed by atoms with Crippen LogP contribution in [0.3, 0.4) is 0 Å². The molecule has 18 nitrogen and oxygen atoms in total. The lowest BCUT2D eigenvalue weighted by Crippen LogP contribution is -2.58. The summed E-state index contributed by atoms with van der Waals surface area (Å²) in [5, 5.41) is 15.2. The number of rotatable bonds is 11. The van der Waals surface area contributed by atoms with E-state index in [1.54, 1.807) is 20.8 Å². The molecule has 0 unspecified atom stereocenters. The van der Waals surface area contributed by atoms with E-state index in [0.29, 0.717) is 50.3 Å². The summed E-state index contributed by atoms with van der Waals surface area (Å²) in [6.07, 6.45) is 0.319. The molecule has 3 aliphatic rings. The van der Waals surface area contributed by atoms with Gasteiger partial charge in [-0.25, -0.2) is 27.6 Å². The quantitative estimate of drug-likeness (QED) is 0.218. The van der Waals surface area contributed by atoms with Gasteiger partial charge in [-0.2, -0.15) is 4.31 Å². The van der Waals surface area contributed by atoms with E-state index in [0.717, 1.165) is 0 Å². The Kier molecular flexibility index (Phi) is 15.5. The molecule has 1 aromatic rings. The van der Waals surface area contributed by atoms with Crippen molar-refractivity contribution in [3.8, 4) is 0 Å². The van der Waals surface area contributed by atoms with E-state index in [1.807, 2.05) is 41.5 Å². The fraction of sp³-hybridized carbons (Fsp3) is 0.676. The predicted octanol–water partition coefficient (Wildman–Crippen LogP) is 2.81. The molecule has 0 radical (unpaired) electrons. The van der Waals surface area contributed by atoms with Crippen LogP contribution in [0, 0.1) is 17.8 Å². The van der Waals surface area contributed by atoms with Crippen LogP contribution in [0.25, 0.3) is 0 Å². The van der Waals surface area contributed by atoms with E-state index >= 15 is 0 Å². The first-order valence-electron chi connectivity index (χ1n) is 19.2. The molecule has 2 atom stereocenters. The van der Waals surface area contributed by atoms with Gasteiger partial charge in [-0.15, -0.1) is 4.99 Å². The summed E-state index contributed by atoms with van der Waals surface area (Å²) in [7, 11) is -3.36. The number of hydrogen-bond acceptors (Lipinski definition) is 10. The van der Waals surface area contributed by atoms with Crippen LogP contribution < -0.4 is 10.6 Å². The molecular formula is C37H58N8O10S. The minimum Gasteiger partial charge on any atom is -0.478 e. The number of amides is 5. The average Bonchev–Trinajstić information content (AvgIpc) is 3.58. The minimum absolute atomic E-state index is 0.0582. The molecule has 0 spiro atoms. The van der Waals surface area contributed by atoms with E-state index in [4.69, 9.17) is 9.47 Å². The zero-order valence-electron chi connectivity index (χ0n) is 33.5. The third-order valence-electron chi connectivity index (χ3n) is 9.67. The molecule has 56 heavy (non-hydrogen) atoms. The number of ether oxygens (including phenoxy) is 2. The van der Waals surface area contributed by atoms with Crippen molar-refractivity contribution in [3.63, 3.8) is 0 Å². The van der Waals surface area contributed by atoms with Gasteiger partial charge in [-0.1, -0.05) is 41.5 Å². The first-order valence-corrected chi connectivity index (χ1v) is 21.0. The number of sulfonamides is 1. The van der Waals surface area contributed by atoms with Gasteiger partial charge >= 0.3 is 24.2 Å². The van der Waals surface area contributed by atoms with Crippen molar-refractivity contribution in [2.45, 2.75) is 66.5 Å². The standard InChI is InChI=1S/C37H58N8O10S/c1-24(2)18-27-19-28(8-9-30(27)33(47)48)38-32(46)31-20-29(41-14-16-44(17-15-41)56(7,52)53)21-45(31)37(51)43-12-10-42(11-13-43)34(39-35(49)54-22-25(3)4)40-36(50)55-23-26(5)6/h8-9,19,24-26,29,31H,10-18,20-23H2,1-7H3,(H,38,46)(H,47,48)(H,39,40,49,50)/t29-,31-/m0/s1. The lowest BCUT2D eigenvalue weighted by molar-refractivity contribution is -0.119. The molecule has 0 bridgehead atoms. The molecule has 3 fully saturated rings. The molecule has 4 rings (SSSR count). The van der Waals surface area contributed by atoms with Gasteiger partial charge in [-0.05, 0) is 54.4 Å². The van der Waals surface area contributed by atoms with Gasteiger partial charge in [0.15, 0.2) is 0 Å². The number of hydrogen-bond donors (Lipinski definition) is 3. The van der Waals surface area contributed by atoms with Gasteiger partial charge in [0.25, 0.3) is 0 Å². The van der Waals surface area contributed by atoms with Crippen LogP contribution in [0.4, 0.5) is 20.1 Å². The van der Waals surface area contributed by atoms with Crippen molar-refractivity contribution >= 4 is 51.8 Å². The highest BCUT2D eigenvalue weighted by atomic mass is 32.2. The number of nitrogens with zero attached hydrogens (tertiary/aromatic N) is 6. The molecule has 3 aliphatic heterocycles. The number of urea groups is 1. The number of nitrogens with one attached hydrogen (secondary N) is 2. The van der Waals surface area contributed by atoms with Crippen molar-refractivity contribution in [1.82, 2.24) is 29.2 Å². The number of piperazine rings is 2. The molecule has 312 valence electrons. The number of guanidine groups is 1. The normalized spacial score (nSPS) is 20.1. The first-order chi connectivity index (χ1) is 26.3. The number of carbonyl (C=O) groups excluding carboxylic acids is 4. The number of aromatic carboxylic acids is 1. The fourth-order valence-corrected chi connectivity index (χ4v) is 7.67. The second-order valence-corrected chi connectivity index (χ2v) is 17.8. The third kappa shape index (κ3) is 12.5. The molecule has 3 heterocycles. The van der Waals surface area contributed by atoms with Crippen LogP contribution in [0.15, 0.2) is 23.2 Å². The molecule has 19 heteroatoms.